The van der Waals surface area contributed by atoms with E-state index in [0.717, 1.165) is 42.6 Å². The monoisotopic (exact) mass is 407 g/mol. The lowest BCUT2D eigenvalue weighted by atomic mass is 9.95. The zero-order valence-electron chi connectivity index (χ0n) is 15.5. The summed E-state index contributed by atoms with van der Waals surface area (Å²) in [7, 11) is 0. The maximum absolute atomic E-state index is 13.1. The van der Waals surface area contributed by atoms with Crippen molar-refractivity contribution >= 4 is 34.2 Å². The molecule has 1 aliphatic rings. The van der Waals surface area contributed by atoms with Crippen molar-refractivity contribution in [2.45, 2.75) is 25.7 Å². The molecule has 1 aliphatic carbocycles. The number of aromatic amines is 2. The Morgan fingerprint density at radius 3 is 2.72 bits per heavy atom. The summed E-state index contributed by atoms with van der Waals surface area (Å²) in [5.74, 6) is -0.272. The van der Waals surface area contributed by atoms with Gasteiger partial charge in [0.05, 0.1) is 21.7 Å². The lowest BCUT2D eigenvalue weighted by molar-refractivity contribution is 0.102. The Kier molecular flexibility index (Phi) is 4.24. The van der Waals surface area contributed by atoms with Crippen LogP contribution >= 0.6 is 11.6 Å². The molecule has 0 fully saturated rings. The van der Waals surface area contributed by atoms with E-state index >= 15 is 0 Å². The van der Waals surface area contributed by atoms with Gasteiger partial charge in [0, 0.05) is 16.9 Å². The number of rotatable bonds is 3. The van der Waals surface area contributed by atoms with Crippen LogP contribution in [-0.2, 0) is 12.8 Å². The number of para-hydroxylation sites is 1. The van der Waals surface area contributed by atoms with Gasteiger partial charge in [0.15, 0.2) is 5.69 Å². The highest BCUT2D eigenvalue weighted by Crippen LogP contribution is 2.30. The Bertz CT molecular complexity index is 1300. The fraction of sp³-hybridized carbons (Fsp3) is 0.190. The van der Waals surface area contributed by atoms with Crippen LogP contribution in [-0.4, -0.2) is 25.7 Å². The summed E-state index contributed by atoms with van der Waals surface area (Å²) in [6, 6.07) is 12.7. The summed E-state index contributed by atoms with van der Waals surface area (Å²) in [5.41, 5.74) is 4.85. The summed E-state index contributed by atoms with van der Waals surface area (Å²) >= 11 is 6.38. The SMILES string of the molecule is O=C(Nc1ccc2[nH]c(=O)[nH]c2c1)c1nn(-c2ccccc2Cl)c2c1CCCC2. The van der Waals surface area contributed by atoms with Gasteiger partial charge in [-0.1, -0.05) is 23.7 Å². The van der Waals surface area contributed by atoms with Gasteiger partial charge in [0.1, 0.15) is 0 Å². The van der Waals surface area contributed by atoms with E-state index in [0.29, 0.717) is 27.4 Å². The van der Waals surface area contributed by atoms with Gasteiger partial charge in [-0.15, -0.1) is 0 Å². The quantitative estimate of drug-likeness (QED) is 0.481. The van der Waals surface area contributed by atoms with Crippen molar-refractivity contribution in [3.05, 3.63) is 74.9 Å². The molecule has 2 heterocycles. The third-order valence-electron chi connectivity index (χ3n) is 5.25. The van der Waals surface area contributed by atoms with E-state index in [1.54, 1.807) is 22.9 Å². The summed E-state index contributed by atoms with van der Waals surface area (Å²) < 4.78 is 1.80. The smallest absolute Gasteiger partial charge is 0.321 e. The molecule has 29 heavy (non-hydrogen) atoms. The second-order valence-corrected chi connectivity index (χ2v) is 7.54. The van der Waals surface area contributed by atoms with Crippen LogP contribution in [0.4, 0.5) is 5.69 Å². The molecule has 0 spiro atoms. The van der Waals surface area contributed by atoms with E-state index < -0.39 is 0 Å². The molecule has 146 valence electrons. The molecule has 7 nitrogen and oxygen atoms in total. The van der Waals surface area contributed by atoms with Crippen molar-refractivity contribution in [1.29, 1.82) is 0 Å². The number of hydrogen-bond acceptors (Lipinski definition) is 3. The lowest BCUT2D eigenvalue weighted by Gasteiger charge is -2.14. The molecule has 3 N–H and O–H groups in total. The van der Waals surface area contributed by atoms with Gasteiger partial charge in [-0.05, 0) is 56.0 Å². The molecule has 0 aliphatic heterocycles. The summed E-state index contributed by atoms with van der Waals surface area (Å²) in [5, 5.41) is 8.14. The van der Waals surface area contributed by atoms with E-state index in [9.17, 15) is 9.59 Å². The highest BCUT2D eigenvalue weighted by Gasteiger charge is 2.26. The maximum Gasteiger partial charge on any atom is 0.323 e. The standard InChI is InChI=1S/C21H18ClN5O2/c22-14-6-2-4-8-18(14)27-17-7-3-1-5-13(17)19(26-27)20(28)23-12-9-10-15-16(11-12)25-21(29)24-15/h2,4,6,8-11H,1,3,5,7H2,(H,23,28)(H2,24,25,29). The minimum atomic E-state index is -0.281. The van der Waals surface area contributed by atoms with Gasteiger partial charge < -0.3 is 15.3 Å². The minimum absolute atomic E-state index is 0.272. The van der Waals surface area contributed by atoms with Crippen molar-refractivity contribution in [3.63, 3.8) is 0 Å². The van der Waals surface area contributed by atoms with Crippen LogP contribution in [0, 0.1) is 0 Å². The number of carbonyl (C=O) groups excluding carboxylic acids is 1. The molecule has 2 aromatic carbocycles. The minimum Gasteiger partial charge on any atom is -0.321 e. The molecule has 0 saturated heterocycles. The second kappa shape index (κ2) is 6.93. The number of anilines is 1. The number of nitrogens with zero attached hydrogens (tertiary/aromatic N) is 2. The van der Waals surface area contributed by atoms with Gasteiger partial charge in [0.2, 0.25) is 0 Å². The molecular formula is C21H18ClN5O2. The van der Waals surface area contributed by atoms with Crippen LogP contribution in [0.5, 0.6) is 0 Å². The van der Waals surface area contributed by atoms with Crippen LogP contribution in [0.2, 0.25) is 5.02 Å². The van der Waals surface area contributed by atoms with Crippen LogP contribution in [0.25, 0.3) is 16.7 Å². The van der Waals surface area contributed by atoms with Gasteiger partial charge >= 0.3 is 5.69 Å². The van der Waals surface area contributed by atoms with E-state index in [4.69, 9.17) is 11.6 Å². The third kappa shape index (κ3) is 3.13. The van der Waals surface area contributed by atoms with Crippen molar-refractivity contribution in [2.75, 3.05) is 5.32 Å². The number of halogens is 1. The molecule has 8 heteroatoms. The Labute approximate surface area is 170 Å². The maximum atomic E-state index is 13.1. The average molecular weight is 408 g/mol. The van der Waals surface area contributed by atoms with Gasteiger partial charge in [-0.2, -0.15) is 5.10 Å². The number of amides is 1. The predicted octanol–water partition coefficient (Wildman–Crippen LogP) is 3.83. The number of imidazole rings is 1. The molecule has 0 atom stereocenters. The highest BCUT2D eigenvalue weighted by molar-refractivity contribution is 6.32. The van der Waals surface area contributed by atoms with Crippen LogP contribution in [0.3, 0.4) is 0 Å². The molecule has 4 aromatic rings. The van der Waals surface area contributed by atoms with Crippen molar-refractivity contribution < 1.29 is 4.79 Å². The second-order valence-electron chi connectivity index (χ2n) is 7.14. The van der Waals surface area contributed by atoms with Crippen LogP contribution in [0.15, 0.2) is 47.3 Å². The number of benzene rings is 2. The molecular weight excluding hydrogens is 390 g/mol. The van der Waals surface area contributed by atoms with E-state index in [1.807, 2.05) is 24.3 Å². The normalized spacial score (nSPS) is 13.4. The Balaban J connectivity index is 1.53. The van der Waals surface area contributed by atoms with Gasteiger partial charge in [-0.25, -0.2) is 9.48 Å². The lowest BCUT2D eigenvalue weighted by Crippen LogP contribution is -2.15. The van der Waals surface area contributed by atoms with Crippen LogP contribution in [0.1, 0.15) is 34.6 Å². The molecule has 0 bridgehead atoms. The Hall–Kier alpha value is -3.32. The first-order valence-electron chi connectivity index (χ1n) is 9.49. The van der Waals surface area contributed by atoms with Gasteiger partial charge in [-0.3, -0.25) is 4.79 Å². The largest absolute Gasteiger partial charge is 0.323 e. The molecule has 5 rings (SSSR count). The molecule has 0 saturated carbocycles. The first kappa shape index (κ1) is 17.8. The van der Waals surface area contributed by atoms with E-state index in [2.05, 4.69) is 20.4 Å². The van der Waals surface area contributed by atoms with Crippen molar-refractivity contribution in [2.24, 2.45) is 0 Å². The first-order chi connectivity index (χ1) is 14.1. The summed E-state index contributed by atoms with van der Waals surface area (Å²) in [6.45, 7) is 0. The first-order valence-corrected chi connectivity index (χ1v) is 9.87. The zero-order valence-corrected chi connectivity index (χ0v) is 16.2. The number of aromatic nitrogens is 4. The molecule has 2 aromatic heterocycles. The van der Waals surface area contributed by atoms with E-state index in [-0.39, 0.29) is 11.6 Å². The topological polar surface area (TPSA) is 95.6 Å². The summed E-state index contributed by atoms with van der Waals surface area (Å²) in [4.78, 5) is 29.9. The number of H-pyrrole nitrogens is 2. The van der Waals surface area contributed by atoms with Gasteiger partial charge in [0.25, 0.3) is 5.91 Å². The number of fused-ring (bicyclic) bond motifs is 2. The van der Waals surface area contributed by atoms with Crippen molar-refractivity contribution in [1.82, 2.24) is 19.7 Å². The third-order valence-corrected chi connectivity index (χ3v) is 5.57. The average Bonchev–Trinajstić information content (AvgIpc) is 3.28. The van der Waals surface area contributed by atoms with Crippen molar-refractivity contribution in [3.8, 4) is 5.69 Å². The van der Waals surface area contributed by atoms with E-state index in [1.165, 1.54) is 0 Å². The zero-order chi connectivity index (χ0) is 20.0. The molecule has 1 amide bonds. The summed E-state index contributed by atoms with van der Waals surface area (Å²) in [6.07, 6.45) is 3.75. The fourth-order valence-electron chi connectivity index (χ4n) is 3.90. The fourth-order valence-corrected chi connectivity index (χ4v) is 4.12. The molecule has 0 radical (unpaired) electrons. The highest BCUT2D eigenvalue weighted by atomic mass is 35.5. The number of hydrogen-bond donors (Lipinski definition) is 3. The molecule has 0 unspecified atom stereocenters. The number of nitrogens with one attached hydrogen (secondary N) is 3. The predicted molar refractivity (Wildman–Crippen MR) is 112 cm³/mol. The Morgan fingerprint density at radius 2 is 1.86 bits per heavy atom. The van der Waals surface area contributed by atoms with Crippen LogP contribution < -0.4 is 11.0 Å². The Morgan fingerprint density at radius 1 is 1.07 bits per heavy atom. The number of carbonyl (C=O) groups is 1.